The molecule has 5 rings (SSSR count). The summed E-state index contributed by atoms with van der Waals surface area (Å²) in [6.07, 6.45) is 3.44. The third kappa shape index (κ3) is 6.37. The van der Waals surface area contributed by atoms with Crippen LogP contribution in [0.1, 0.15) is 68.7 Å². The lowest BCUT2D eigenvalue weighted by molar-refractivity contribution is 0.0733. The van der Waals surface area contributed by atoms with Crippen LogP contribution in [0.15, 0.2) is 53.9 Å². The highest BCUT2D eigenvalue weighted by molar-refractivity contribution is 7.09. The van der Waals surface area contributed by atoms with Gasteiger partial charge in [0.1, 0.15) is 5.01 Å². The number of likely N-dealkylation sites (tertiary alicyclic amines) is 1. The van der Waals surface area contributed by atoms with Crippen LogP contribution in [-0.2, 0) is 6.42 Å². The molecule has 2 aliphatic rings. The van der Waals surface area contributed by atoms with Gasteiger partial charge in [-0.05, 0) is 69.3 Å². The molecular weight excluding hydrogens is 522 g/mol. The van der Waals surface area contributed by atoms with Gasteiger partial charge >= 0.3 is 0 Å². The van der Waals surface area contributed by atoms with Crippen molar-refractivity contribution >= 4 is 28.8 Å². The SMILES string of the molecule is Cc1csc([C@H]2CCCN2C(=O)c2cc(C(=O)N[C@@H](Cc3ccccc3)[C@@H](O)[C@H]3CCCN3)cc(N(C)C)c2)n1. The Bertz CT molecular complexity index is 1320. The van der Waals surface area contributed by atoms with Crippen LogP contribution in [0.2, 0.25) is 0 Å². The average molecular weight is 562 g/mol. The quantitative estimate of drug-likeness (QED) is 0.366. The molecule has 0 radical (unpaired) electrons. The number of nitrogens with zero attached hydrogens (tertiary/aromatic N) is 3. The summed E-state index contributed by atoms with van der Waals surface area (Å²) in [5.41, 5.74) is 3.66. The molecule has 3 aromatic rings. The highest BCUT2D eigenvalue weighted by Crippen LogP contribution is 2.35. The first-order valence-electron chi connectivity index (χ1n) is 14.1. The molecular formula is C31H39N5O3S. The lowest BCUT2D eigenvalue weighted by Crippen LogP contribution is -2.52. The van der Waals surface area contributed by atoms with Crippen molar-refractivity contribution in [2.45, 2.75) is 63.3 Å². The van der Waals surface area contributed by atoms with Crippen molar-refractivity contribution in [2.75, 3.05) is 32.1 Å². The summed E-state index contributed by atoms with van der Waals surface area (Å²) in [6, 6.07) is 14.6. The van der Waals surface area contributed by atoms with Gasteiger partial charge in [-0.15, -0.1) is 11.3 Å². The van der Waals surface area contributed by atoms with Crippen LogP contribution in [0.3, 0.4) is 0 Å². The molecule has 2 amide bonds. The molecule has 2 fully saturated rings. The van der Waals surface area contributed by atoms with E-state index in [1.807, 2.05) is 72.6 Å². The number of carbonyl (C=O) groups is 2. The van der Waals surface area contributed by atoms with Gasteiger partial charge in [0.25, 0.3) is 11.8 Å². The van der Waals surface area contributed by atoms with E-state index in [0.29, 0.717) is 24.1 Å². The van der Waals surface area contributed by atoms with Gasteiger partial charge in [-0.2, -0.15) is 0 Å². The zero-order valence-electron chi connectivity index (χ0n) is 23.5. The molecule has 0 bridgehead atoms. The third-order valence-corrected chi connectivity index (χ3v) is 8.98. The maximum Gasteiger partial charge on any atom is 0.254 e. The molecule has 2 aromatic carbocycles. The number of aromatic nitrogens is 1. The maximum absolute atomic E-state index is 13.8. The molecule has 3 heterocycles. The molecule has 212 valence electrons. The molecule has 40 heavy (non-hydrogen) atoms. The summed E-state index contributed by atoms with van der Waals surface area (Å²) >= 11 is 1.59. The van der Waals surface area contributed by atoms with Crippen molar-refractivity contribution in [1.82, 2.24) is 20.5 Å². The fraction of sp³-hybridized carbons (Fsp3) is 0.452. The lowest BCUT2D eigenvalue weighted by atomic mass is 9.95. The minimum absolute atomic E-state index is 0.0456. The van der Waals surface area contributed by atoms with Crippen molar-refractivity contribution in [1.29, 1.82) is 0 Å². The largest absolute Gasteiger partial charge is 0.389 e. The fourth-order valence-corrected chi connectivity index (χ4v) is 6.68. The van der Waals surface area contributed by atoms with E-state index in [2.05, 4.69) is 15.6 Å². The second-order valence-corrected chi connectivity index (χ2v) is 12.0. The number of nitrogens with one attached hydrogen (secondary N) is 2. The molecule has 0 saturated carbocycles. The second-order valence-electron chi connectivity index (χ2n) is 11.1. The number of carbonyl (C=O) groups excluding carboxylic acids is 2. The van der Waals surface area contributed by atoms with E-state index in [4.69, 9.17) is 0 Å². The van der Waals surface area contributed by atoms with E-state index in [0.717, 1.165) is 54.2 Å². The Morgan fingerprint density at radius 2 is 1.93 bits per heavy atom. The number of hydrogen-bond donors (Lipinski definition) is 3. The van der Waals surface area contributed by atoms with Crippen LogP contribution in [0.25, 0.3) is 0 Å². The molecule has 1 aromatic heterocycles. The molecule has 2 saturated heterocycles. The van der Waals surface area contributed by atoms with Crippen LogP contribution in [0.5, 0.6) is 0 Å². The minimum Gasteiger partial charge on any atom is -0.389 e. The summed E-state index contributed by atoms with van der Waals surface area (Å²) in [6.45, 7) is 3.50. The first-order valence-corrected chi connectivity index (χ1v) is 15.0. The number of aliphatic hydroxyl groups excluding tert-OH is 1. The van der Waals surface area contributed by atoms with Crippen molar-refractivity contribution in [2.24, 2.45) is 0 Å². The van der Waals surface area contributed by atoms with Crippen molar-refractivity contribution < 1.29 is 14.7 Å². The third-order valence-electron chi connectivity index (χ3n) is 7.92. The lowest BCUT2D eigenvalue weighted by Gasteiger charge is -2.29. The number of benzene rings is 2. The van der Waals surface area contributed by atoms with Crippen molar-refractivity contribution in [3.05, 3.63) is 81.3 Å². The maximum atomic E-state index is 13.8. The Balaban J connectivity index is 1.41. The van der Waals surface area contributed by atoms with Gasteiger partial charge in [0.05, 0.1) is 18.2 Å². The first-order chi connectivity index (χ1) is 19.3. The van der Waals surface area contributed by atoms with E-state index in [9.17, 15) is 14.7 Å². The smallest absolute Gasteiger partial charge is 0.254 e. The molecule has 3 N–H and O–H groups in total. The highest BCUT2D eigenvalue weighted by atomic mass is 32.1. The Labute approximate surface area is 240 Å². The van der Waals surface area contributed by atoms with Crippen LogP contribution in [-0.4, -0.2) is 72.2 Å². The Morgan fingerprint density at radius 3 is 2.60 bits per heavy atom. The Morgan fingerprint density at radius 1 is 1.15 bits per heavy atom. The van der Waals surface area contributed by atoms with Gasteiger partial charge in [-0.1, -0.05) is 30.3 Å². The fourth-order valence-electron chi connectivity index (χ4n) is 5.74. The molecule has 0 unspecified atom stereocenters. The predicted octanol–water partition coefficient (Wildman–Crippen LogP) is 3.95. The van der Waals surface area contributed by atoms with E-state index in [1.54, 1.807) is 23.5 Å². The summed E-state index contributed by atoms with van der Waals surface area (Å²) in [5.74, 6) is -0.395. The number of aryl methyl sites for hydroxylation is 1. The molecule has 2 aliphatic heterocycles. The summed E-state index contributed by atoms with van der Waals surface area (Å²) in [4.78, 5) is 36.0. The van der Waals surface area contributed by atoms with Crippen molar-refractivity contribution in [3.8, 4) is 0 Å². The Kier molecular flexibility index (Phi) is 8.83. The summed E-state index contributed by atoms with van der Waals surface area (Å²) in [7, 11) is 3.80. The summed E-state index contributed by atoms with van der Waals surface area (Å²) in [5, 5.41) is 20.8. The number of anilines is 1. The summed E-state index contributed by atoms with van der Waals surface area (Å²) < 4.78 is 0. The standard InChI is InChI=1S/C31H39N5O3S/c1-20-19-40-30(33-20)27-12-8-14-36(27)31(39)23-16-22(17-24(18-23)35(2)3)29(38)34-26(15-21-9-5-4-6-10-21)28(37)25-11-7-13-32-25/h4-6,9-10,16-19,25-28,32,37H,7-8,11-15H2,1-3H3,(H,34,38)/t25-,26+,27-,28+/m1/s1. The zero-order chi connectivity index (χ0) is 28.2. The van der Waals surface area contributed by atoms with Gasteiger partial charge in [0, 0.05) is 54.6 Å². The van der Waals surface area contributed by atoms with Gasteiger partial charge in [-0.25, -0.2) is 4.98 Å². The molecule has 0 spiro atoms. The van der Waals surface area contributed by atoms with Crippen LogP contribution >= 0.6 is 11.3 Å². The molecule has 0 aliphatic carbocycles. The zero-order valence-corrected chi connectivity index (χ0v) is 24.3. The van der Waals surface area contributed by atoms with Gasteiger partial charge in [0.15, 0.2) is 0 Å². The van der Waals surface area contributed by atoms with Crippen LogP contribution < -0.4 is 15.5 Å². The minimum atomic E-state index is -0.739. The van der Waals surface area contributed by atoms with E-state index in [1.165, 1.54) is 0 Å². The first kappa shape index (κ1) is 28.3. The topological polar surface area (TPSA) is 97.8 Å². The Hall–Kier alpha value is -3.27. The number of hydrogen-bond acceptors (Lipinski definition) is 7. The van der Waals surface area contributed by atoms with E-state index < -0.39 is 12.1 Å². The predicted molar refractivity (Wildman–Crippen MR) is 159 cm³/mol. The monoisotopic (exact) mass is 561 g/mol. The molecule has 4 atom stereocenters. The number of aliphatic hydroxyl groups is 1. The van der Waals surface area contributed by atoms with E-state index >= 15 is 0 Å². The van der Waals surface area contributed by atoms with Gasteiger partial charge < -0.3 is 25.5 Å². The van der Waals surface area contributed by atoms with Crippen LogP contribution in [0, 0.1) is 6.92 Å². The van der Waals surface area contributed by atoms with E-state index in [-0.39, 0.29) is 23.9 Å². The van der Waals surface area contributed by atoms with Crippen LogP contribution in [0.4, 0.5) is 5.69 Å². The number of rotatable bonds is 9. The highest BCUT2D eigenvalue weighted by Gasteiger charge is 2.34. The number of amides is 2. The second kappa shape index (κ2) is 12.5. The number of thiazole rings is 1. The van der Waals surface area contributed by atoms with Crippen molar-refractivity contribution in [3.63, 3.8) is 0 Å². The van der Waals surface area contributed by atoms with Gasteiger partial charge in [-0.3, -0.25) is 9.59 Å². The van der Waals surface area contributed by atoms with Gasteiger partial charge in [0.2, 0.25) is 0 Å². The average Bonchev–Trinajstić information content (AvgIpc) is 3.74. The molecule has 8 nitrogen and oxygen atoms in total. The normalized spacial score (nSPS) is 20.4. The molecule has 9 heteroatoms.